The van der Waals surface area contributed by atoms with Crippen molar-refractivity contribution in [1.29, 1.82) is 0 Å². The van der Waals surface area contributed by atoms with Crippen LogP contribution in [0.25, 0.3) is 0 Å². The molecule has 0 aromatic heterocycles. The van der Waals surface area contributed by atoms with E-state index in [-0.39, 0.29) is 12.5 Å². The van der Waals surface area contributed by atoms with Crippen molar-refractivity contribution >= 4 is 33.4 Å². The summed E-state index contributed by atoms with van der Waals surface area (Å²) in [5.74, 6) is -0.556. The van der Waals surface area contributed by atoms with Crippen LogP contribution >= 0.6 is 15.9 Å². The van der Waals surface area contributed by atoms with Gasteiger partial charge >= 0.3 is 0 Å². The molecule has 1 aromatic rings. The predicted molar refractivity (Wildman–Crippen MR) is 84.9 cm³/mol. The second-order valence-electron chi connectivity index (χ2n) is 5.10. The van der Waals surface area contributed by atoms with Gasteiger partial charge in [-0.3, -0.25) is 14.5 Å². The summed E-state index contributed by atoms with van der Waals surface area (Å²) in [6.45, 7) is 3.97. The Bertz CT molecular complexity index is 550. The van der Waals surface area contributed by atoms with Crippen LogP contribution in [0, 0.1) is 6.92 Å². The van der Waals surface area contributed by atoms with Gasteiger partial charge in [-0.2, -0.15) is 0 Å². The number of primary amides is 1. The van der Waals surface area contributed by atoms with Crippen LogP contribution in [0.3, 0.4) is 0 Å². The number of nitrogens with zero attached hydrogens (tertiary/aromatic N) is 1. The first-order valence-corrected chi connectivity index (χ1v) is 7.57. The second-order valence-corrected chi connectivity index (χ2v) is 5.96. The number of piperazine rings is 1. The largest absolute Gasteiger partial charge is 0.368 e. The van der Waals surface area contributed by atoms with E-state index in [1.54, 1.807) is 4.90 Å². The average Bonchev–Trinajstić information content (AvgIpc) is 2.43. The molecular weight excluding hydrogens is 336 g/mol. The molecule has 7 heteroatoms. The van der Waals surface area contributed by atoms with E-state index in [0.29, 0.717) is 13.1 Å². The van der Waals surface area contributed by atoms with Gasteiger partial charge in [0.05, 0.1) is 6.54 Å². The summed E-state index contributed by atoms with van der Waals surface area (Å²) < 4.78 is 0.997. The van der Waals surface area contributed by atoms with Crippen LogP contribution in [0.15, 0.2) is 22.7 Å². The number of carbonyl (C=O) groups is 2. The zero-order chi connectivity index (χ0) is 15.4. The third kappa shape index (κ3) is 4.26. The Kier molecular flexibility index (Phi) is 5.33. The molecule has 114 valence electrons. The van der Waals surface area contributed by atoms with E-state index in [1.807, 2.05) is 25.1 Å². The van der Waals surface area contributed by atoms with Gasteiger partial charge in [0.25, 0.3) is 0 Å². The van der Waals surface area contributed by atoms with E-state index in [0.717, 1.165) is 22.3 Å². The number of carbonyl (C=O) groups excluding carboxylic acids is 2. The molecular formula is C14H19BrN4O2. The summed E-state index contributed by atoms with van der Waals surface area (Å²) in [7, 11) is 0. The van der Waals surface area contributed by atoms with Crippen LogP contribution < -0.4 is 16.4 Å². The van der Waals surface area contributed by atoms with E-state index in [4.69, 9.17) is 5.73 Å². The van der Waals surface area contributed by atoms with Gasteiger partial charge in [-0.1, -0.05) is 15.9 Å². The van der Waals surface area contributed by atoms with Crippen LogP contribution in [0.4, 0.5) is 5.69 Å². The fourth-order valence-corrected chi connectivity index (χ4v) is 2.57. The van der Waals surface area contributed by atoms with Gasteiger partial charge in [0, 0.05) is 29.8 Å². The molecule has 4 N–H and O–H groups in total. The lowest BCUT2D eigenvalue weighted by atomic mass is 10.2. The highest BCUT2D eigenvalue weighted by atomic mass is 79.9. The van der Waals surface area contributed by atoms with Crippen molar-refractivity contribution < 1.29 is 9.59 Å². The molecule has 1 aliphatic heterocycles. The van der Waals surface area contributed by atoms with E-state index in [9.17, 15) is 9.59 Å². The van der Waals surface area contributed by atoms with Crippen molar-refractivity contribution in [3.05, 3.63) is 28.2 Å². The number of rotatable bonds is 4. The highest BCUT2D eigenvalue weighted by Crippen LogP contribution is 2.20. The van der Waals surface area contributed by atoms with Crippen molar-refractivity contribution in [3.63, 3.8) is 0 Å². The van der Waals surface area contributed by atoms with Crippen molar-refractivity contribution in [2.75, 3.05) is 31.5 Å². The standard InChI is InChI=1S/C14H19BrN4O2/c1-9-6-10(2-3-11(9)15)18-13(20)8-19-5-4-17-7-12(19)14(16)21/h2-3,6,12,17H,4-5,7-8H2,1H3,(H2,16,21)(H,18,20). The molecule has 1 aromatic carbocycles. The third-order valence-electron chi connectivity index (χ3n) is 3.47. The lowest BCUT2D eigenvalue weighted by molar-refractivity contribution is -0.125. The predicted octanol–water partition coefficient (Wildman–Crippen LogP) is 0.455. The van der Waals surface area contributed by atoms with Gasteiger partial charge in [-0.15, -0.1) is 0 Å². The number of hydrogen-bond acceptors (Lipinski definition) is 4. The number of benzene rings is 1. The normalized spacial score (nSPS) is 19.2. The molecule has 1 atom stereocenters. The second kappa shape index (κ2) is 7.02. The number of nitrogens with two attached hydrogens (primary N) is 1. The molecule has 1 fully saturated rings. The smallest absolute Gasteiger partial charge is 0.238 e. The van der Waals surface area contributed by atoms with Gasteiger partial charge in [0.15, 0.2) is 0 Å². The molecule has 1 unspecified atom stereocenters. The molecule has 21 heavy (non-hydrogen) atoms. The quantitative estimate of drug-likeness (QED) is 0.732. The number of halogens is 1. The lowest BCUT2D eigenvalue weighted by Gasteiger charge is -2.33. The number of hydrogen-bond donors (Lipinski definition) is 3. The number of nitrogens with one attached hydrogen (secondary N) is 2. The Balaban J connectivity index is 1.97. The molecule has 2 amide bonds. The van der Waals surface area contributed by atoms with Crippen LogP contribution in [0.1, 0.15) is 5.56 Å². The minimum atomic E-state index is -0.434. The van der Waals surface area contributed by atoms with Crippen molar-refractivity contribution in [1.82, 2.24) is 10.2 Å². The number of amides is 2. The van der Waals surface area contributed by atoms with Crippen LogP contribution in [0.5, 0.6) is 0 Å². The first-order valence-electron chi connectivity index (χ1n) is 6.77. The molecule has 2 rings (SSSR count). The highest BCUT2D eigenvalue weighted by molar-refractivity contribution is 9.10. The SMILES string of the molecule is Cc1cc(NC(=O)CN2CCNCC2C(N)=O)ccc1Br. The van der Waals surface area contributed by atoms with Crippen LogP contribution in [0.2, 0.25) is 0 Å². The molecule has 1 saturated heterocycles. The average molecular weight is 355 g/mol. The first-order chi connectivity index (χ1) is 9.97. The summed E-state index contributed by atoms with van der Waals surface area (Å²) in [4.78, 5) is 25.3. The third-order valence-corrected chi connectivity index (χ3v) is 4.36. The Hall–Kier alpha value is -1.44. The van der Waals surface area contributed by atoms with E-state index in [2.05, 4.69) is 26.6 Å². The summed E-state index contributed by atoms with van der Waals surface area (Å²) in [6, 6.07) is 5.18. The van der Waals surface area contributed by atoms with Gasteiger partial charge in [0.1, 0.15) is 6.04 Å². The molecule has 0 saturated carbocycles. The van der Waals surface area contributed by atoms with Crippen molar-refractivity contribution in [2.45, 2.75) is 13.0 Å². The number of aryl methyl sites for hydroxylation is 1. The lowest BCUT2D eigenvalue weighted by Crippen LogP contribution is -2.58. The van der Waals surface area contributed by atoms with Crippen LogP contribution in [-0.2, 0) is 9.59 Å². The minimum Gasteiger partial charge on any atom is -0.368 e. The minimum absolute atomic E-state index is 0.148. The molecule has 6 nitrogen and oxygen atoms in total. The summed E-state index contributed by atoms with van der Waals surface area (Å²) in [6.07, 6.45) is 0. The molecule has 0 bridgehead atoms. The van der Waals surface area contributed by atoms with Gasteiger partial charge in [0.2, 0.25) is 11.8 Å². The van der Waals surface area contributed by atoms with Crippen molar-refractivity contribution in [2.24, 2.45) is 5.73 Å². The van der Waals surface area contributed by atoms with E-state index < -0.39 is 11.9 Å². The zero-order valence-electron chi connectivity index (χ0n) is 11.9. The monoisotopic (exact) mass is 354 g/mol. The molecule has 1 heterocycles. The maximum Gasteiger partial charge on any atom is 0.238 e. The Morgan fingerprint density at radius 2 is 2.29 bits per heavy atom. The summed E-state index contributed by atoms with van der Waals surface area (Å²) in [5, 5.41) is 5.95. The molecule has 0 aliphatic carbocycles. The first kappa shape index (κ1) is 15.9. The Labute approximate surface area is 132 Å². The highest BCUT2D eigenvalue weighted by Gasteiger charge is 2.28. The van der Waals surface area contributed by atoms with Gasteiger partial charge in [-0.05, 0) is 30.7 Å². The fourth-order valence-electron chi connectivity index (χ4n) is 2.32. The topological polar surface area (TPSA) is 87.5 Å². The summed E-state index contributed by atoms with van der Waals surface area (Å²) in [5.41, 5.74) is 7.15. The maximum atomic E-state index is 12.1. The van der Waals surface area contributed by atoms with E-state index in [1.165, 1.54) is 0 Å². The number of anilines is 1. The van der Waals surface area contributed by atoms with E-state index >= 15 is 0 Å². The summed E-state index contributed by atoms with van der Waals surface area (Å²) >= 11 is 3.42. The van der Waals surface area contributed by atoms with Crippen LogP contribution in [-0.4, -0.2) is 48.9 Å². The zero-order valence-corrected chi connectivity index (χ0v) is 13.4. The van der Waals surface area contributed by atoms with Gasteiger partial charge in [-0.25, -0.2) is 0 Å². The molecule has 0 radical (unpaired) electrons. The van der Waals surface area contributed by atoms with Crippen molar-refractivity contribution in [3.8, 4) is 0 Å². The Morgan fingerprint density at radius 1 is 1.52 bits per heavy atom. The Morgan fingerprint density at radius 3 is 2.95 bits per heavy atom. The fraction of sp³-hybridized carbons (Fsp3) is 0.429. The molecule has 0 spiro atoms. The maximum absolute atomic E-state index is 12.1. The molecule has 1 aliphatic rings. The van der Waals surface area contributed by atoms with Gasteiger partial charge < -0.3 is 16.4 Å².